The first kappa shape index (κ1) is 20.4. The zero-order chi connectivity index (χ0) is 22.4. The van der Waals surface area contributed by atoms with Crippen LogP contribution in [0.15, 0.2) is 79.0 Å². The lowest BCUT2D eigenvalue weighted by Crippen LogP contribution is -2.46. The topological polar surface area (TPSA) is 37.3 Å². The molecule has 1 spiro atoms. The van der Waals surface area contributed by atoms with Crippen LogP contribution in [0.25, 0.3) is 10.9 Å². The Hall–Kier alpha value is -3.24. The van der Waals surface area contributed by atoms with E-state index in [1.807, 2.05) is 47.5 Å². The van der Waals surface area contributed by atoms with E-state index in [4.69, 9.17) is 11.6 Å². The number of hydrogen-bond donors (Lipinski definition) is 1. The fourth-order valence-electron chi connectivity index (χ4n) is 5.56. The molecule has 166 valence electrons. The smallest absolute Gasteiger partial charge is 0.256 e. The van der Waals surface area contributed by atoms with Crippen molar-refractivity contribution in [3.63, 3.8) is 0 Å². The molecular formula is C28H26ClN3O. The summed E-state index contributed by atoms with van der Waals surface area (Å²) < 4.78 is 2.15. The summed E-state index contributed by atoms with van der Waals surface area (Å²) in [5.74, 6) is 0.114. The minimum absolute atomic E-state index is 0.114. The van der Waals surface area contributed by atoms with Crippen LogP contribution in [0.2, 0.25) is 5.02 Å². The Bertz CT molecular complexity index is 1340. The second kappa shape index (κ2) is 7.96. The number of likely N-dealkylation sites (tertiary alicyclic amines) is 1. The number of anilines is 1. The number of fused-ring (bicyclic) bond motifs is 3. The summed E-state index contributed by atoms with van der Waals surface area (Å²) in [7, 11) is 0. The highest BCUT2D eigenvalue weighted by Gasteiger charge is 2.42. The Kier molecular flexibility index (Phi) is 4.92. The van der Waals surface area contributed by atoms with Gasteiger partial charge in [0, 0.05) is 53.9 Å². The third-order valence-corrected chi connectivity index (χ3v) is 7.63. The number of nitrogens with zero attached hydrogens (tertiary/aromatic N) is 2. The Balaban J connectivity index is 1.28. The molecule has 1 amide bonds. The zero-order valence-electron chi connectivity index (χ0n) is 18.4. The number of aromatic nitrogens is 1. The van der Waals surface area contributed by atoms with Crippen molar-refractivity contribution in [2.75, 3.05) is 25.0 Å². The van der Waals surface area contributed by atoms with Crippen molar-refractivity contribution in [2.45, 2.75) is 24.8 Å². The molecule has 2 aliphatic heterocycles. The van der Waals surface area contributed by atoms with Gasteiger partial charge in [0.2, 0.25) is 0 Å². The molecule has 3 heterocycles. The minimum atomic E-state index is 0.114. The number of carbonyl (C=O) groups is 1. The van der Waals surface area contributed by atoms with Gasteiger partial charge in [-0.05, 0) is 42.2 Å². The summed E-state index contributed by atoms with van der Waals surface area (Å²) >= 11 is 6.33. The van der Waals surface area contributed by atoms with Crippen LogP contribution < -0.4 is 5.32 Å². The Morgan fingerprint density at radius 2 is 1.73 bits per heavy atom. The van der Waals surface area contributed by atoms with Crippen molar-refractivity contribution in [3.05, 3.63) is 101 Å². The lowest BCUT2D eigenvalue weighted by Gasteiger charge is -2.39. The number of rotatable bonds is 3. The zero-order valence-corrected chi connectivity index (χ0v) is 19.2. The summed E-state index contributed by atoms with van der Waals surface area (Å²) in [4.78, 5) is 15.7. The quantitative estimate of drug-likeness (QED) is 0.415. The van der Waals surface area contributed by atoms with Crippen molar-refractivity contribution in [1.82, 2.24) is 9.47 Å². The van der Waals surface area contributed by atoms with Crippen molar-refractivity contribution in [2.24, 2.45) is 0 Å². The van der Waals surface area contributed by atoms with E-state index in [1.165, 1.54) is 16.8 Å². The van der Waals surface area contributed by atoms with Crippen LogP contribution in [-0.4, -0.2) is 35.0 Å². The maximum atomic E-state index is 13.7. The van der Waals surface area contributed by atoms with Gasteiger partial charge in [-0.2, -0.15) is 0 Å². The van der Waals surface area contributed by atoms with Gasteiger partial charge < -0.3 is 14.8 Å². The van der Waals surface area contributed by atoms with Gasteiger partial charge in [0.25, 0.3) is 5.91 Å². The molecule has 0 atom stereocenters. The number of carbonyl (C=O) groups excluding carboxylic acids is 1. The molecule has 0 aliphatic carbocycles. The maximum absolute atomic E-state index is 13.7. The molecule has 2 aliphatic rings. The third kappa shape index (κ3) is 3.50. The molecule has 4 nitrogen and oxygen atoms in total. The lowest BCUT2D eigenvalue weighted by molar-refractivity contribution is 0.0678. The largest absolute Gasteiger partial charge is 0.384 e. The van der Waals surface area contributed by atoms with Gasteiger partial charge >= 0.3 is 0 Å². The normalized spacial score (nSPS) is 16.7. The number of amides is 1. The maximum Gasteiger partial charge on any atom is 0.256 e. The molecule has 5 heteroatoms. The van der Waals surface area contributed by atoms with Gasteiger partial charge in [-0.3, -0.25) is 4.79 Å². The van der Waals surface area contributed by atoms with E-state index >= 15 is 0 Å². The standard InChI is InChI=1S/C28H26ClN3O/c29-21-10-11-22-23(18-32(26(22)16-21)17-20-6-2-1-3-7-20)27(33)31-14-12-28(13-15-31)19-30-25-9-5-4-8-24(25)28/h1-11,16,18,30H,12-15,17,19H2. The number of benzene rings is 3. The van der Waals surface area contributed by atoms with Gasteiger partial charge in [-0.25, -0.2) is 0 Å². The Labute approximate surface area is 198 Å². The van der Waals surface area contributed by atoms with Crippen LogP contribution in [0.1, 0.15) is 34.3 Å². The first-order chi connectivity index (χ1) is 16.1. The lowest BCUT2D eigenvalue weighted by atomic mass is 9.74. The van der Waals surface area contributed by atoms with E-state index in [1.54, 1.807) is 0 Å². The predicted octanol–water partition coefficient (Wildman–Crippen LogP) is 5.94. The Morgan fingerprint density at radius 3 is 2.55 bits per heavy atom. The highest BCUT2D eigenvalue weighted by atomic mass is 35.5. The van der Waals surface area contributed by atoms with Crippen LogP contribution in [-0.2, 0) is 12.0 Å². The number of para-hydroxylation sites is 1. The molecule has 0 bridgehead atoms. The van der Waals surface area contributed by atoms with E-state index in [-0.39, 0.29) is 11.3 Å². The van der Waals surface area contributed by atoms with Crippen molar-refractivity contribution in [3.8, 4) is 0 Å². The highest BCUT2D eigenvalue weighted by Crippen LogP contribution is 2.44. The number of piperidine rings is 1. The van der Waals surface area contributed by atoms with Crippen molar-refractivity contribution >= 4 is 34.1 Å². The average molecular weight is 456 g/mol. The van der Waals surface area contributed by atoms with Crippen LogP contribution in [0.5, 0.6) is 0 Å². The molecule has 1 saturated heterocycles. The molecule has 0 radical (unpaired) electrons. The van der Waals surface area contributed by atoms with Crippen LogP contribution in [0.3, 0.4) is 0 Å². The summed E-state index contributed by atoms with van der Waals surface area (Å²) in [5.41, 5.74) is 5.75. The Morgan fingerprint density at radius 1 is 0.970 bits per heavy atom. The second-order valence-corrected chi connectivity index (χ2v) is 9.73. The van der Waals surface area contributed by atoms with E-state index in [2.05, 4.69) is 46.3 Å². The van der Waals surface area contributed by atoms with Gasteiger partial charge in [-0.1, -0.05) is 66.2 Å². The van der Waals surface area contributed by atoms with Gasteiger partial charge in [-0.15, -0.1) is 0 Å². The van der Waals surface area contributed by atoms with E-state index in [0.29, 0.717) is 11.6 Å². The summed E-state index contributed by atoms with van der Waals surface area (Å²) in [6.07, 6.45) is 3.97. The second-order valence-electron chi connectivity index (χ2n) is 9.29. The third-order valence-electron chi connectivity index (χ3n) is 7.39. The first-order valence-corrected chi connectivity index (χ1v) is 12.0. The average Bonchev–Trinajstić information content (AvgIpc) is 3.38. The van der Waals surface area contributed by atoms with Gasteiger partial charge in [0.05, 0.1) is 11.1 Å². The first-order valence-electron chi connectivity index (χ1n) is 11.6. The number of hydrogen-bond acceptors (Lipinski definition) is 2. The van der Waals surface area contributed by atoms with E-state index in [9.17, 15) is 4.79 Å². The monoisotopic (exact) mass is 455 g/mol. The van der Waals surface area contributed by atoms with Crippen molar-refractivity contribution < 1.29 is 4.79 Å². The molecule has 1 aromatic heterocycles. The van der Waals surface area contributed by atoms with Crippen LogP contribution >= 0.6 is 11.6 Å². The highest BCUT2D eigenvalue weighted by molar-refractivity contribution is 6.31. The van der Waals surface area contributed by atoms with Crippen molar-refractivity contribution in [1.29, 1.82) is 0 Å². The summed E-state index contributed by atoms with van der Waals surface area (Å²) in [6, 6.07) is 24.7. The fourth-order valence-corrected chi connectivity index (χ4v) is 5.73. The molecule has 1 fully saturated rings. The fraction of sp³-hybridized carbons (Fsp3) is 0.250. The van der Waals surface area contributed by atoms with Gasteiger partial charge in [0.15, 0.2) is 0 Å². The molecule has 4 aromatic rings. The number of nitrogens with one attached hydrogen (secondary N) is 1. The van der Waals surface area contributed by atoms with Crippen LogP contribution in [0, 0.1) is 0 Å². The molecule has 0 unspecified atom stereocenters. The number of halogens is 1. The predicted molar refractivity (Wildman–Crippen MR) is 134 cm³/mol. The molecule has 3 aromatic carbocycles. The van der Waals surface area contributed by atoms with E-state index < -0.39 is 0 Å². The summed E-state index contributed by atoms with van der Waals surface area (Å²) in [5, 5.41) is 5.22. The molecular weight excluding hydrogens is 430 g/mol. The molecule has 33 heavy (non-hydrogen) atoms. The minimum Gasteiger partial charge on any atom is -0.384 e. The molecule has 0 saturated carbocycles. The SMILES string of the molecule is O=C(c1cn(Cc2ccccc2)c2cc(Cl)ccc12)N1CCC2(CC1)CNc1ccccc12. The van der Waals surface area contributed by atoms with E-state index in [0.717, 1.165) is 48.9 Å². The summed E-state index contributed by atoms with van der Waals surface area (Å²) in [6.45, 7) is 3.21. The van der Waals surface area contributed by atoms with Crippen LogP contribution in [0.4, 0.5) is 5.69 Å². The van der Waals surface area contributed by atoms with Gasteiger partial charge in [0.1, 0.15) is 0 Å². The molecule has 1 N–H and O–H groups in total. The molecule has 6 rings (SSSR count).